The monoisotopic (exact) mass is 527 g/mol. The van der Waals surface area contributed by atoms with Crippen molar-refractivity contribution in [2.75, 3.05) is 18.7 Å². The predicted octanol–water partition coefficient (Wildman–Crippen LogP) is 5.43. The van der Waals surface area contributed by atoms with Crippen LogP contribution in [0.4, 0.5) is 5.13 Å². The lowest BCUT2D eigenvalue weighted by Gasteiger charge is -2.25. The van der Waals surface area contributed by atoms with Crippen molar-refractivity contribution in [1.82, 2.24) is 10.3 Å². The maximum Gasteiger partial charge on any atom is 0.236 e. The number of benzene rings is 2. The molecule has 0 saturated heterocycles. The van der Waals surface area contributed by atoms with Gasteiger partial charge < -0.3 is 25.2 Å². The second kappa shape index (κ2) is 10.8. The molecule has 2 aliphatic rings. The van der Waals surface area contributed by atoms with Crippen LogP contribution in [0.25, 0.3) is 0 Å². The first kappa shape index (κ1) is 25.0. The van der Waals surface area contributed by atoms with E-state index in [0.29, 0.717) is 21.7 Å². The highest BCUT2D eigenvalue weighted by molar-refractivity contribution is 7.15. The van der Waals surface area contributed by atoms with Gasteiger partial charge >= 0.3 is 0 Å². The Morgan fingerprint density at radius 3 is 2.78 bits per heavy atom. The van der Waals surface area contributed by atoms with Gasteiger partial charge in [0.2, 0.25) is 12.7 Å². The average Bonchev–Trinajstić information content (AvgIpc) is 3.35. The van der Waals surface area contributed by atoms with Gasteiger partial charge in [0.25, 0.3) is 0 Å². The molecule has 1 aromatic heterocycles. The summed E-state index contributed by atoms with van der Waals surface area (Å²) in [4.78, 5) is 18.8. The molecule has 2 atom stereocenters. The minimum Gasteiger partial charge on any atom is -0.454 e. The van der Waals surface area contributed by atoms with Crippen LogP contribution in [-0.4, -0.2) is 35.4 Å². The van der Waals surface area contributed by atoms with E-state index in [2.05, 4.69) is 22.5 Å². The molecule has 2 aromatic carbocycles. The fraction of sp³-hybridized carbons (Fsp3) is 0.407. The van der Waals surface area contributed by atoms with Crippen LogP contribution in [0.3, 0.4) is 0 Å². The van der Waals surface area contributed by atoms with Crippen molar-refractivity contribution in [3.63, 3.8) is 0 Å². The van der Waals surface area contributed by atoms with E-state index in [9.17, 15) is 9.90 Å². The number of aromatic nitrogens is 1. The third kappa shape index (κ3) is 5.09. The minimum absolute atomic E-state index is 0.0292. The lowest BCUT2D eigenvalue weighted by molar-refractivity contribution is -0.118. The number of amides is 1. The van der Waals surface area contributed by atoms with Crippen molar-refractivity contribution in [2.24, 2.45) is 0 Å². The molecule has 1 fully saturated rings. The van der Waals surface area contributed by atoms with Crippen molar-refractivity contribution in [2.45, 2.75) is 56.5 Å². The number of ether oxygens (including phenoxy) is 2. The second-order valence-corrected chi connectivity index (χ2v) is 10.8. The van der Waals surface area contributed by atoms with E-state index in [0.717, 1.165) is 48.1 Å². The Morgan fingerprint density at radius 2 is 2.03 bits per heavy atom. The number of carbonyl (C=O) groups excluding carboxylic acids is 1. The van der Waals surface area contributed by atoms with Gasteiger partial charge in [0.1, 0.15) is 0 Å². The number of halogens is 1. The summed E-state index contributed by atoms with van der Waals surface area (Å²) in [6.07, 6.45) is 6.24. The first-order valence-corrected chi connectivity index (χ1v) is 13.5. The number of aliphatic hydroxyl groups excluding tert-OH is 1. The molecule has 1 aliphatic heterocycles. The van der Waals surface area contributed by atoms with Gasteiger partial charge in [-0.2, -0.15) is 0 Å². The van der Waals surface area contributed by atoms with E-state index in [-0.39, 0.29) is 31.4 Å². The molecule has 1 unspecified atom stereocenters. The number of thiazole rings is 1. The van der Waals surface area contributed by atoms with Crippen molar-refractivity contribution in [1.29, 1.82) is 0 Å². The number of nitrogens with one attached hydrogen (secondary N) is 2. The van der Waals surface area contributed by atoms with Gasteiger partial charge in [-0.05, 0) is 48.6 Å². The largest absolute Gasteiger partial charge is 0.454 e. The van der Waals surface area contributed by atoms with Crippen molar-refractivity contribution in [3.05, 3.63) is 69.7 Å². The predicted molar refractivity (Wildman–Crippen MR) is 141 cm³/mol. The molecule has 0 radical (unpaired) electrons. The molecule has 1 aliphatic carbocycles. The molecule has 0 spiro atoms. The van der Waals surface area contributed by atoms with E-state index >= 15 is 0 Å². The summed E-state index contributed by atoms with van der Waals surface area (Å²) in [5.74, 6) is 1.32. The van der Waals surface area contributed by atoms with Crippen molar-refractivity contribution in [3.8, 4) is 11.5 Å². The van der Waals surface area contributed by atoms with E-state index in [4.69, 9.17) is 21.1 Å². The Hall–Kier alpha value is -2.65. The number of nitrogens with zero attached hydrogens (tertiary/aromatic N) is 1. The molecule has 1 saturated carbocycles. The SMILES string of the molecule is CCCC[C@H](CO)NC(c1cnc(NC(=O)C2(c3ccc4c(c3)OCO4)CC2)s1)c1ccccc1Cl. The van der Waals surface area contributed by atoms with Crippen molar-refractivity contribution >= 4 is 34.0 Å². The average molecular weight is 528 g/mol. The number of hydrogen-bond donors (Lipinski definition) is 3. The first-order valence-electron chi connectivity index (χ1n) is 12.3. The normalized spacial score (nSPS) is 17.0. The third-order valence-electron chi connectivity index (χ3n) is 6.88. The van der Waals surface area contributed by atoms with Crippen LogP contribution in [0, 0.1) is 0 Å². The molecular weight excluding hydrogens is 498 g/mol. The summed E-state index contributed by atoms with van der Waals surface area (Å²) in [6, 6.07) is 13.1. The van der Waals surface area contributed by atoms with Gasteiger partial charge in [0.15, 0.2) is 16.6 Å². The Morgan fingerprint density at radius 1 is 1.22 bits per heavy atom. The molecule has 5 rings (SSSR count). The lowest BCUT2D eigenvalue weighted by Crippen LogP contribution is -2.36. The fourth-order valence-corrected chi connectivity index (χ4v) is 5.74. The van der Waals surface area contributed by atoms with Gasteiger partial charge in [0, 0.05) is 22.1 Å². The number of hydrogen-bond acceptors (Lipinski definition) is 7. The van der Waals surface area contributed by atoms with Gasteiger partial charge in [-0.1, -0.05) is 67.0 Å². The summed E-state index contributed by atoms with van der Waals surface area (Å²) in [6.45, 7) is 2.37. The highest BCUT2D eigenvalue weighted by Gasteiger charge is 2.52. The molecule has 3 aromatic rings. The van der Waals surface area contributed by atoms with Gasteiger partial charge in [-0.15, -0.1) is 0 Å². The van der Waals surface area contributed by atoms with Crippen LogP contribution in [0.1, 0.15) is 61.1 Å². The lowest BCUT2D eigenvalue weighted by atomic mass is 9.94. The number of carbonyl (C=O) groups is 1. The fourth-order valence-electron chi connectivity index (χ4n) is 4.61. The number of rotatable bonds is 11. The molecular formula is C27H30ClN3O4S. The maximum absolute atomic E-state index is 13.4. The van der Waals surface area contributed by atoms with E-state index in [1.165, 1.54) is 11.3 Å². The smallest absolute Gasteiger partial charge is 0.236 e. The number of unbranched alkanes of at least 4 members (excludes halogenated alkanes) is 1. The standard InChI is InChI=1S/C27H30ClN3O4S/c1-2-3-6-18(15-32)30-24(19-7-4-5-8-20(19)28)23-14-29-26(36-23)31-25(33)27(11-12-27)17-9-10-21-22(13-17)35-16-34-21/h4-5,7-10,13-14,18,24,30,32H,2-3,6,11-12,15-16H2,1H3,(H,29,31,33)/t18-,24?/m1/s1. The van der Waals surface area contributed by atoms with Crippen LogP contribution >= 0.6 is 22.9 Å². The van der Waals surface area contributed by atoms with Crippen LogP contribution in [0.5, 0.6) is 11.5 Å². The molecule has 1 amide bonds. The molecule has 190 valence electrons. The van der Waals surface area contributed by atoms with E-state index in [1.54, 1.807) is 6.20 Å². The molecule has 0 bridgehead atoms. The summed E-state index contributed by atoms with van der Waals surface area (Å²) in [7, 11) is 0. The van der Waals surface area contributed by atoms with Crippen LogP contribution in [0.15, 0.2) is 48.7 Å². The van der Waals surface area contributed by atoms with Crippen LogP contribution in [-0.2, 0) is 10.2 Å². The highest BCUT2D eigenvalue weighted by atomic mass is 35.5. The molecule has 3 N–H and O–H groups in total. The van der Waals surface area contributed by atoms with E-state index < -0.39 is 5.41 Å². The minimum atomic E-state index is -0.574. The zero-order valence-corrected chi connectivity index (χ0v) is 21.7. The Balaban J connectivity index is 1.35. The number of anilines is 1. The maximum atomic E-state index is 13.4. The van der Waals surface area contributed by atoms with Crippen LogP contribution in [0.2, 0.25) is 5.02 Å². The first-order chi connectivity index (χ1) is 17.5. The van der Waals surface area contributed by atoms with Crippen LogP contribution < -0.4 is 20.1 Å². The molecule has 2 heterocycles. The summed E-state index contributed by atoms with van der Waals surface area (Å²) in [5.41, 5.74) is 1.27. The zero-order valence-electron chi connectivity index (χ0n) is 20.1. The topological polar surface area (TPSA) is 92.7 Å². The van der Waals surface area contributed by atoms with Gasteiger partial charge in [-0.3, -0.25) is 4.79 Å². The second-order valence-electron chi connectivity index (χ2n) is 9.31. The summed E-state index contributed by atoms with van der Waals surface area (Å²) >= 11 is 7.98. The summed E-state index contributed by atoms with van der Waals surface area (Å²) < 4.78 is 10.9. The molecule has 36 heavy (non-hydrogen) atoms. The number of fused-ring (bicyclic) bond motifs is 1. The Labute approximate surface area is 219 Å². The van der Waals surface area contributed by atoms with Crippen molar-refractivity contribution < 1.29 is 19.4 Å². The van der Waals surface area contributed by atoms with Gasteiger partial charge in [0.05, 0.1) is 18.1 Å². The zero-order chi connectivity index (χ0) is 25.1. The van der Waals surface area contributed by atoms with Gasteiger partial charge in [-0.25, -0.2) is 4.98 Å². The molecule has 9 heteroatoms. The quantitative estimate of drug-likeness (QED) is 0.308. The summed E-state index contributed by atoms with van der Waals surface area (Å²) in [5, 5.41) is 17.8. The third-order valence-corrected chi connectivity index (χ3v) is 8.21. The Bertz CT molecular complexity index is 1230. The van der Waals surface area contributed by atoms with E-state index in [1.807, 2.05) is 42.5 Å². The Kier molecular flexibility index (Phi) is 7.48. The number of aliphatic hydroxyl groups is 1. The highest BCUT2D eigenvalue weighted by Crippen LogP contribution is 2.51. The molecule has 7 nitrogen and oxygen atoms in total.